The molecule has 30 heavy (non-hydrogen) atoms. The van der Waals surface area contributed by atoms with E-state index >= 15 is 0 Å². The van der Waals surface area contributed by atoms with Gasteiger partial charge in [0.1, 0.15) is 0 Å². The number of aryl methyl sites for hydroxylation is 2. The Bertz CT molecular complexity index is 871. The number of nitrogens with one attached hydrogen (secondary N) is 1. The molecule has 4 rings (SSSR count). The number of rotatable bonds is 7. The zero-order valence-electron chi connectivity index (χ0n) is 17.8. The number of aromatic nitrogens is 1. The summed E-state index contributed by atoms with van der Waals surface area (Å²) in [5, 5.41) is 3.08. The fourth-order valence-electron chi connectivity index (χ4n) is 4.62. The summed E-state index contributed by atoms with van der Waals surface area (Å²) in [6, 6.07) is 14.3. The van der Waals surface area contributed by atoms with E-state index in [-0.39, 0.29) is 23.1 Å². The van der Waals surface area contributed by atoms with E-state index in [1.807, 2.05) is 23.1 Å². The summed E-state index contributed by atoms with van der Waals surface area (Å²) in [5.74, 6) is 0.526. The first-order valence-electron chi connectivity index (χ1n) is 11.1. The molecule has 2 fully saturated rings. The minimum absolute atomic E-state index is 0.117. The number of hydrogen-bond donors (Lipinski definition) is 1. The highest BCUT2D eigenvalue weighted by Gasteiger charge is 2.58. The zero-order valence-corrected chi connectivity index (χ0v) is 17.8. The Morgan fingerprint density at radius 3 is 2.57 bits per heavy atom. The number of carbonyl (C=O) groups is 2. The van der Waals surface area contributed by atoms with Crippen molar-refractivity contribution in [1.82, 2.24) is 15.2 Å². The Morgan fingerprint density at radius 1 is 1.10 bits per heavy atom. The van der Waals surface area contributed by atoms with Crippen LogP contribution in [0.2, 0.25) is 0 Å². The summed E-state index contributed by atoms with van der Waals surface area (Å²) in [7, 11) is 0. The molecule has 1 saturated carbocycles. The highest BCUT2D eigenvalue weighted by molar-refractivity contribution is 5.83. The first-order chi connectivity index (χ1) is 14.6. The summed E-state index contributed by atoms with van der Waals surface area (Å²) < 4.78 is 0. The molecule has 1 aliphatic carbocycles. The lowest BCUT2D eigenvalue weighted by Gasteiger charge is -2.33. The molecule has 1 aromatic heterocycles. The molecule has 1 aliphatic heterocycles. The lowest BCUT2D eigenvalue weighted by molar-refractivity contribution is -0.132. The van der Waals surface area contributed by atoms with Crippen molar-refractivity contribution in [2.45, 2.75) is 45.4 Å². The maximum Gasteiger partial charge on any atom is 0.223 e. The van der Waals surface area contributed by atoms with E-state index in [0.29, 0.717) is 13.0 Å². The average molecular weight is 406 g/mol. The number of likely N-dealkylation sites (tertiary alicyclic amines) is 1. The maximum absolute atomic E-state index is 12.6. The van der Waals surface area contributed by atoms with E-state index in [4.69, 9.17) is 0 Å². The van der Waals surface area contributed by atoms with Gasteiger partial charge < -0.3 is 10.2 Å². The number of nitrogens with zero attached hydrogens (tertiary/aromatic N) is 2. The van der Waals surface area contributed by atoms with Crippen molar-refractivity contribution < 1.29 is 9.59 Å². The molecular formula is C25H31N3O2. The molecule has 1 aromatic carbocycles. The Labute approximate surface area is 178 Å². The molecule has 158 valence electrons. The van der Waals surface area contributed by atoms with Crippen LogP contribution in [0.3, 0.4) is 0 Å². The lowest BCUT2D eigenvalue weighted by Crippen LogP contribution is -2.40. The van der Waals surface area contributed by atoms with Crippen molar-refractivity contribution >= 4 is 11.8 Å². The van der Waals surface area contributed by atoms with Crippen LogP contribution >= 0.6 is 0 Å². The predicted octanol–water partition coefficient (Wildman–Crippen LogP) is 3.31. The van der Waals surface area contributed by atoms with Crippen molar-refractivity contribution in [2.24, 2.45) is 11.3 Å². The number of amides is 2. The van der Waals surface area contributed by atoms with Crippen LogP contribution in [0.4, 0.5) is 0 Å². The Morgan fingerprint density at radius 2 is 1.87 bits per heavy atom. The van der Waals surface area contributed by atoms with Gasteiger partial charge in [-0.05, 0) is 55.7 Å². The standard InChI is InChI=1S/C25H31N3O2/c1-19-5-7-20(8-6-19)9-10-23(29)28-16-12-25(13-17-28)18-22(25)24(30)27-15-11-21-4-2-3-14-26-21/h2-8,14,22H,9-13,15-18H2,1H3,(H,27,30)/t22-/m1/s1. The van der Waals surface area contributed by atoms with Crippen molar-refractivity contribution in [3.8, 4) is 0 Å². The van der Waals surface area contributed by atoms with Crippen LogP contribution in [0, 0.1) is 18.3 Å². The molecule has 1 spiro atoms. The van der Waals surface area contributed by atoms with Gasteiger partial charge in [0.05, 0.1) is 0 Å². The molecule has 5 nitrogen and oxygen atoms in total. The molecule has 1 N–H and O–H groups in total. The molecule has 1 atom stereocenters. The average Bonchev–Trinajstić information content (AvgIpc) is 3.47. The third kappa shape index (κ3) is 4.89. The fraction of sp³-hybridized carbons (Fsp3) is 0.480. The summed E-state index contributed by atoms with van der Waals surface area (Å²) >= 11 is 0. The quantitative estimate of drug-likeness (QED) is 0.769. The number of piperidine rings is 1. The van der Waals surface area contributed by atoms with Crippen LogP contribution in [0.1, 0.15) is 42.5 Å². The van der Waals surface area contributed by atoms with Gasteiger partial charge in [0.15, 0.2) is 0 Å². The van der Waals surface area contributed by atoms with E-state index in [9.17, 15) is 9.59 Å². The van der Waals surface area contributed by atoms with Gasteiger partial charge in [-0.1, -0.05) is 35.9 Å². The first-order valence-corrected chi connectivity index (χ1v) is 11.1. The second-order valence-electron chi connectivity index (χ2n) is 8.85. The molecule has 2 heterocycles. The van der Waals surface area contributed by atoms with Crippen LogP contribution < -0.4 is 5.32 Å². The third-order valence-corrected chi connectivity index (χ3v) is 6.77. The monoisotopic (exact) mass is 405 g/mol. The van der Waals surface area contributed by atoms with Crippen LogP contribution in [0.5, 0.6) is 0 Å². The highest BCUT2D eigenvalue weighted by atomic mass is 16.2. The number of pyridine rings is 1. The zero-order chi connectivity index (χ0) is 21.0. The lowest BCUT2D eigenvalue weighted by atomic mass is 9.90. The topological polar surface area (TPSA) is 62.3 Å². The van der Waals surface area contributed by atoms with Crippen molar-refractivity contribution in [3.05, 3.63) is 65.5 Å². The van der Waals surface area contributed by atoms with Gasteiger partial charge >= 0.3 is 0 Å². The van der Waals surface area contributed by atoms with Crippen LogP contribution in [0.25, 0.3) is 0 Å². The normalized spacial score (nSPS) is 19.5. The molecule has 2 amide bonds. The van der Waals surface area contributed by atoms with Gasteiger partial charge in [-0.2, -0.15) is 0 Å². The minimum atomic E-state index is 0.117. The Balaban J connectivity index is 1.17. The molecule has 2 aromatic rings. The second kappa shape index (κ2) is 8.99. The minimum Gasteiger partial charge on any atom is -0.355 e. The molecule has 5 heteroatoms. The van der Waals surface area contributed by atoms with E-state index in [0.717, 1.165) is 50.9 Å². The molecular weight excluding hydrogens is 374 g/mol. The predicted molar refractivity (Wildman–Crippen MR) is 117 cm³/mol. The number of benzene rings is 1. The van der Waals surface area contributed by atoms with Gasteiger partial charge in [-0.3, -0.25) is 14.6 Å². The fourth-order valence-corrected chi connectivity index (χ4v) is 4.62. The van der Waals surface area contributed by atoms with Crippen molar-refractivity contribution in [1.29, 1.82) is 0 Å². The van der Waals surface area contributed by atoms with Gasteiger partial charge in [-0.15, -0.1) is 0 Å². The Hall–Kier alpha value is -2.69. The highest BCUT2D eigenvalue weighted by Crippen LogP contribution is 2.59. The summed E-state index contributed by atoms with van der Waals surface area (Å²) in [5.41, 5.74) is 3.59. The largest absolute Gasteiger partial charge is 0.355 e. The maximum atomic E-state index is 12.6. The molecule has 0 unspecified atom stereocenters. The van der Waals surface area contributed by atoms with Crippen LogP contribution in [-0.2, 0) is 22.4 Å². The number of hydrogen-bond acceptors (Lipinski definition) is 3. The van der Waals surface area contributed by atoms with Gasteiger partial charge in [0.2, 0.25) is 11.8 Å². The van der Waals surface area contributed by atoms with Gasteiger partial charge in [0.25, 0.3) is 0 Å². The van der Waals surface area contributed by atoms with E-state index in [1.54, 1.807) is 6.20 Å². The molecule has 0 bridgehead atoms. The SMILES string of the molecule is Cc1ccc(CCC(=O)N2CCC3(CC2)C[C@@H]3C(=O)NCCc2ccccn2)cc1. The Kier molecular flexibility index (Phi) is 6.16. The van der Waals surface area contributed by atoms with Crippen LogP contribution in [0.15, 0.2) is 48.7 Å². The van der Waals surface area contributed by atoms with E-state index < -0.39 is 0 Å². The molecule has 2 aliphatic rings. The molecule has 1 saturated heterocycles. The number of carbonyl (C=O) groups excluding carboxylic acids is 2. The summed E-state index contributed by atoms with van der Waals surface area (Å²) in [4.78, 5) is 31.4. The van der Waals surface area contributed by atoms with Crippen molar-refractivity contribution in [3.63, 3.8) is 0 Å². The van der Waals surface area contributed by atoms with Crippen molar-refractivity contribution in [2.75, 3.05) is 19.6 Å². The second-order valence-corrected chi connectivity index (χ2v) is 8.85. The van der Waals surface area contributed by atoms with Gasteiger partial charge in [-0.25, -0.2) is 0 Å². The smallest absolute Gasteiger partial charge is 0.223 e. The summed E-state index contributed by atoms with van der Waals surface area (Å²) in [6.07, 6.45) is 6.75. The van der Waals surface area contributed by atoms with E-state index in [1.165, 1.54) is 11.1 Å². The van der Waals surface area contributed by atoms with E-state index in [2.05, 4.69) is 41.5 Å². The first kappa shape index (κ1) is 20.6. The van der Waals surface area contributed by atoms with Gasteiger partial charge in [0, 0.05) is 50.3 Å². The third-order valence-electron chi connectivity index (χ3n) is 6.77. The van der Waals surface area contributed by atoms with Crippen LogP contribution in [-0.4, -0.2) is 41.3 Å². The summed E-state index contributed by atoms with van der Waals surface area (Å²) in [6.45, 7) is 4.27. The molecule has 0 radical (unpaired) electrons.